The van der Waals surface area contributed by atoms with Crippen molar-refractivity contribution in [3.8, 4) is 0 Å². The van der Waals surface area contributed by atoms with Crippen LogP contribution in [0.4, 0.5) is 11.8 Å². The van der Waals surface area contributed by atoms with Gasteiger partial charge in [-0.1, -0.05) is 0 Å². The van der Waals surface area contributed by atoms with Crippen molar-refractivity contribution in [1.29, 1.82) is 0 Å². The molecule has 0 aliphatic carbocycles. The highest BCUT2D eigenvalue weighted by molar-refractivity contribution is 5.79. The van der Waals surface area contributed by atoms with Crippen molar-refractivity contribution < 1.29 is 4.79 Å². The number of amides is 1. The van der Waals surface area contributed by atoms with Gasteiger partial charge in [0.15, 0.2) is 0 Å². The van der Waals surface area contributed by atoms with Crippen LogP contribution >= 0.6 is 0 Å². The van der Waals surface area contributed by atoms with Gasteiger partial charge in [-0.2, -0.15) is 4.98 Å². The molecular weight excluding hydrogens is 206 g/mol. The summed E-state index contributed by atoms with van der Waals surface area (Å²) in [7, 11) is 1.74. The highest BCUT2D eigenvalue weighted by atomic mass is 16.1. The van der Waals surface area contributed by atoms with Crippen molar-refractivity contribution in [2.24, 2.45) is 5.73 Å². The fourth-order valence-corrected chi connectivity index (χ4v) is 1.33. The number of anilines is 2. The number of rotatable bonds is 5. The predicted octanol–water partition coefficient (Wildman–Crippen LogP) is 0.218. The highest BCUT2D eigenvalue weighted by Gasteiger charge is 2.14. The Morgan fingerprint density at radius 1 is 1.62 bits per heavy atom. The molecule has 3 N–H and O–H groups in total. The van der Waals surface area contributed by atoms with Crippen molar-refractivity contribution in [1.82, 2.24) is 9.97 Å². The Morgan fingerprint density at radius 3 is 2.81 bits per heavy atom. The summed E-state index contributed by atoms with van der Waals surface area (Å²) in [6, 6.07) is 1.90. The molecule has 16 heavy (non-hydrogen) atoms. The average Bonchev–Trinajstić information content (AvgIpc) is 2.25. The minimum absolute atomic E-state index is 0.145. The lowest BCUT2D eigenvalue weighted by atomic mass is 10.3. The van der Waals surface area contributed by atoms with Gasteiger partial charge in [-0.3, -0.25) is 4.79 Å². The molecule has 0 atom stereocenters. The molecule has 0 radical (unpaired) electrons. The Kier molecular flexibility index (Phi) is 4.04. The molecule has 1 aromatic rings. The molecule has 88 valence electrons. The van der Waals surface area contributed by atoms with Gasteiger partial charge >= 0.3 is 0 Å². The number of hydrogen-bond acceptors (Lipinski definition) is 5. The Bertz CT molecular complexity index is 366. The lowest BCUT2D eigenvalue weighted by molar-refractivity contribution is -0.116. The molecule has 6 nitrogen and oxygen atoms in total. The van der Waals surface area contributed by atoms with Crippen molar-refractivity contribution in [2.75, 3.05) is 23.8 Å². The molecule has 0 saturated heterocycles. The van der Waals surface area contributed by atoms with Crippen molar-refractivity contribution >= 4 is 17.7 Å². The van der Waals surface area contributed by atoms with E-state index in [2.05, 4.69) is 15.3 Å². The summed E-state index contributed by atoms with van der Waals surface area (Å²) < 4.78 is 0. The lowest BCUT2D eigenvalue weighted by Crippen LogP contribution is -2.39. The van der Waals surface area contributed by atoms with Crippen LogP contribution in [0, 0.1) is 0 Å². The number of nitrogens with one attached hydrogen (secondary N) is 1. The molecule has 6 heteroatoms. The van der Waals surface area contributed by atoms with Crippen molar-refractivity contribution in [3.63, 3.8) is 0 Å². The summed E-state index contributed by atoms with van der Waals surface area (Å²) in [5, 5.41) is 2.85. The first kappa shape index (κ1) is 12.2. The normalized spacial score (nSPS) is 10.2. The molecule has 1 rings (SSSR count). The first-order valence-corrected chi connectivity index (χ1v) is 5.10. The second-order valence-electron chi connectivity index (χ2n) is 3.68. The number of primary amides is 1. The predicted molar refractivity (Wildman–Crippen MR) is 63.3 cm³/mol. The molecular formula is C10H17N5O. The van der Waals surface area contributed by atoms with Gasteiger partial charge in [0, 0.05) is 19.3 Å². The summed E-state index contributed by atoms with van der Waals surface area (Å²) >= 11 is 0. The third-order valence-electron chi connectivity index (χ3n) is 2.11. The summed E-state index contributed by atoms with van der Waals surface area (Å²) in [4.78, 5) is 21.1. The van der Waals surface area contributed by atoms with E-state index in [4.69, 9.17) is 5.73 Å². The Morgan fingerprint density at radius 2 is 2.31 bits per heavy atom. The number of carbonyl (C=O) groups excluding carboxylic acids is 1. The van der Waals surface area contributed by atoms with Crippen molar-refractivity contribution in [2.45, 2.75) is 19.9 Å². The zero-order valence-electron chi connectivity index (χ0n) is 9.77. The molecule has 0 saturated carbocycles. The van der Waals surface area contributed by atoms with E-state index in [9.17, 15) is 4.79 Å². The fraction of sp³-hybridized carbons (Fsp3) is 0.500. The fourth-order valence-electron chi connectivity index (χ4n) is 1.33. The number of carbonyl (C=O) groups is 1. The third-order valence-corrected chi connectivity index (χ3v) is 2.11. The Hall–Kier alpha value is -1.85. The number of aromatic nitrogens is 2. The molecule has 0 spiro atoms. The average molecular weight is 223 g/mol. The number of nitrogens with zero attached hydrogens (tertiary/aromatic N) is 3. The zero-order chi connectivity index (χ0) is 12.1. The third kappa shape index (κ3) is 3.08. The minimum atomic E-state index is -0.377. The van der Waals surface area contributed by atoms with Gasteiger partial charge in [0.1, 0.15) is 5.82 Å². The lowest BCUT2D eigenvalue weighted by Gasteiger charge is -2.26. The Labute approximate surface area is 94.9 Å². The van der Waals surface area contributed by atoms with Crippen LogP contribution < -0.4 is 16.0 Å². The van der Waals surface area contributed by atoms with E-state index in [0.29, 0.717) is 11.8 Å². The topological polar surface area (TPSA) is 84.1 Å². The maximum absolute atomic E-state index is 11.0. The summed E-state index contributed by atoms with van der Waals surface area (Å²) in [6.45, 7) is 4.10. The maximum atomic E-state index is 11.0. The van der Waals surface area contributed by atoms with Crippen LogP contribution in [-0.4, -0.2) is 35.5 Å². The van der Waals surface area contributed by atoms with E-state index < -0.39 is 0 Å². The molecule has 1 aromatic heterocycles. The van der Waals surface area contributed by atoms with E-state index in [1.165, 1.54) is 0 Å². The number of nitrogens with two attached hydrogens (primary N) is 1. The van der Waals surface area contributed by atoms with Gasteiger partial charge in [0.2, 0.25) is 11.9 Å². The van der Waals surface area contributed by atoms with Gasteiger partial charge in [-0.05, 0) is 19.9 Å². The van der Waals surface area contributed by atoms with Crippen LogP contribution in [0.5, 0.6) is 0 Å². The van der Waals surface area contributed by atoms with Gasteiger partial charge in [-0.25, -0.2) is 4.98 Å². The molecule has 0 unspecified atom stereocenters. The second kappa shape index (κ2) is 5.29. The standard InChI is InChI=1S/C10H17N5O/c1-7(2)15(6-8(11)16)9-4-5-13-10(12-3)14-9/h4-5,7H,6H2,1-3H3,(H2,11,16)(H,12,13,14). The van der Waals surface area contributed by atoms with E-state index in [1.807, 2.05) is 18.7 Å². The smallest absolute Gasteiger partial charge is 0.237 e. The maximum Gasteiger partial charge on any atom is 0.237 e. The van der Waals surface area contributed by atoms with Crippen LogP contribution in [0.2, 0.25) is 0 Å². The van der Waals surface area contributed by atoms with E-state index in [1.54, 1.807) is 19.3 Å². The summed E-state index contributed by atoms with van der Waals surface area (Å²) in [5.41, 5.74) is 5.20. The van der Waals surface area contributed by atoms with Gasteiger partial charge in [0.05, 0.1) is 6.54 Å². The highest BCUT2D eigenvalue weighted by Crippen LogP contribution is 2.14. The van der Waals surface area contributed by atoms with Crippen LogP contribution in [0.3, 0.4) is 0 Å². The Balaban J connectivity index is 2.95. The van der Waals surface area contributed by atoms with E-state index in [-0.39, 0.29) is 18.5 Å². The van der Waals surface area contributed by atoms with Crippen LogP contribution in [0.25, 0.3) is 0 Å². The number of hydrogen-bond donors (Lipinski definition) is 2. The molecule has 1 heterocycles. The molecule has 0 aliphatic rings. The second-order valence-corrected chi connectivity index (χ2v) is 3.68. The molecule has 0 aromatic carbocycles. The summed E-state index contributed by atoms with van der Waals surface area (Å²) in [5.74, 6) is 0.832. The van der Waals surface area contributed by atoms with E-state index >= 15 is 0 Å². The molecule has 0 bridgehead atoms. The van der Waals surface area contributed by atoms with Gasteiger partial charge in [-0.15, -0.1) is 0 Å². The van der Waals surface area contributed by atoms with Crippen molar-refractivity contribution in [3.05, 3.63) is 12.3 Å². The molecule has 0 fully saturated rings. The van der Waals surface area contributed by atoms with Gasteiger partial charge in [0.25, 0.3) is 0 Å². The largest absolute Gasteiger partial charge is 0.368 e. The quantitative estimate of drug-likeness (QED) is 0.746. The first-order chi connectivity index (χ1) is 7.54. The molecule has 1 amide bonds. The monoisotopic (exact) mass is 223 g/mol. The minimum Gasteiger partial charge on any atom is -0.368 e. The van der Waals surface area contributed by atoms with Crippen LogP contribution in [0.15, 0.2) is 12.3 Å². The SMILES string of the molecule is CNc1nccc(N(CC(N)=O)C(C)C)n1. The van der Waals surface area contributed by atoms with Gasteiger partial charge < -0.3 is 16.0 Å². The van der Waals surface area contributed by atoms with E-state index in [0.717, 1.165) is 0 Å². The van der Waals surface area contributed by atoms with Crippen LogP contribution in [-0.2, 0) is 4.79 Å². The first-order valence-electron chi connectivity index (χ1n) is 5.10. The van der Waals surface area contributed by atoms with Crippen LogP contribution in [0.1, 0.15) is 13.8 Å². The summed E-state index contributed by atoms with van der Waals surface area (Å²) in [6.07, 6.45) is 1.64. The molecule has 0 aliphatic heterocycles. The zero-order valence-corrected chi connectivity index (χ0v) is 9.77.